The van der Waals surface area contributed by atoms with E-state index in [1.807, 2.05) is 85.5 Å². The lowest BCUT2D eigenvalue weighted by Crippen LogP contribution is -2.49. The number of aromatic nitrogens is 1. The molecule has 2 aliphatic rings. The van der Waals surface area contributed by atoms with Crippen LogP contribution in [0.3, 0.4) is 0 Å². The van der Waals surface area contributed by atoms with Gasteiger partial charge in [0.2, 0.25) is 0 Å². The van der Waals surface area contributed by atoms with Gasteiger partial charge in [-0.2, -0.15) is 10.5 Å². The van der Waals surface area contributed by atoms with Gasteiger partial charge < -0.3 is 31.3 Å². The van der Waals surface area contributed by atoms with Crippen LogP contribution in [0.1, 0.15) is 116 Å². The van der Waals surface area contributed by atoms with E-state index in [-0.39, 0.29) is 41.9 Å². The molecule has 3 heterocycles. The molecule has 8 rings (SSSR count). The number of primary amides is 1. The quantitative estimate of drug-likeness (QED) is 0.0914. The average molecular weight is 996 g/mol. The number of anilines is 2. The van der Waals surface area contributed by atoms with Crippen molar-refractivity contribution in [3.63, 3.8) is 0 Å². The summed E-state index contributed by atoms with van der Waals surface area (Å²) in [5.74, 6) is -1.33. The maximum absolute atomic E-state index is 13.4. The number of nitrogens with one attached hydrogen (secondary N) is 2. The van der Waals surface area contributed by atoms with Crippen LogP contribution < -0.4 is 21.3 Å². The summed E-state index contributed by atoms with van der Waals surface area (Å²) in [7, 11) is 0. The molecule has 74 heavy (non-hydrogen) atoms. The van der Waals surface area contributed by atoms with Crippen molar-refractivity contribution in [3.05, 3.63) is 195 Å². The molecule has 16 heteroatoms. The summed E-state index contributed by atoms with van der Waals surface area (Å²) < 4.78 is 13.3. The minimum absolute atomic E-state index is 0.0337. The molecule has 6 aromatic rings. The molecule has 5 aromatic carbocycles. The summed E-state index contributed by atoms with van der Waals surface area (Å²) in [5.41, 5.74) is 13.7. The second kappa shape index (κ2) is 24.5. The highest BCUT2D eigenvalue weighted by atomic mass is 19.1. The van der Waals surface area contributed by atoms with Crippen LogP contribution in [0.2, 0.25) is 0 Å². The van der Waals surface area contributed by atoms with Crippen molar-refractivity contribution in [2.75, 3.05) is 36.4 Å². The van der Waals surface area contributed by atoms with Gasteiger partial charge in [0.1, 0.15) is 11.9 Å². The Labute approximate surface area is 430 Å². The van der Waals surface area contributed by atoms with Crippen molar-refractivity contribution in [1.82, 2.24) is 20.1 Å². The van der Waals surface area contributed by atoms with Crippen molar-refractivity contribution >= 4 is 41.2 Å². The van der Waals surface area contributed by atoms with Crippen LogP contribution >= 0.6 is 0 Å². The maximum atomic E-state index is 13.4. The molecule has 2 fully saturated rings. The van der Waals surface area contributed by atoms with Gasteiger partial charge in [-0.1, -0.05) is 54.6 Å². The van der Waals surface area contributed by atoms with Gasteiger partial charge >= 0.3 is 18.0 Å². The third-order valence-corrected chi connectivity index (χ3v) is 13.7. The standard InChI is InChI=1S/C30H29FN4O4.C28H29N5O2/c1-19-2-7-24(28(36)34-14-12-23(13-15-34)22-8-3-21(18-32)4-9-22)17-26(19)35(30(33)39)27(29(37)38)16-20-5-10-25(31)11-6-20;1-19-6-9-24(17-26(19)32-28(35)31-20(2)25-5-3-4-14-30-25)27(34)33-15-12-23(13-16-33)22-10-7-21(18-29)8-11-22/h2-11,17,23,27H,12-16H2,1H3,(H2,33,39)(H,37,38);3-11,14,17,20,23H,12-13,15-16H2,1-2H3,(H2,31,32,35). The molecule has 5 N–H and O–H groups in total. The molecule has 0 aliphatic carbocycles. The van der Waals surface area contributed by atoms with Gasteiger partial charge in [-0.15, -0.1) is 0 Å². The Kier molecular flexibility index (Phi) is 17.5. The number of hydrogen-bond donors (Lipinski definition) is 4. The molecule has 0 saturated carbocycles. The van der Waals surface area contributed by atoms with E-state index >= 15 is 0 Å². The van der Waals surface area contributed by atoms with E-state index in [0.717, 1.165) is 47.4 Å². The number of nitrogens with zero attached hydrogens (tertiary/aromatic N) is 6. The van der Waals surface area contributed by atoms with E-state index < -0.39 is 23.9 Å². The molecule has 2 atom stereocenters. The summed E-state index contributed by atoms with van der Waals surface area (Å²) in [6.07, 6.45) is 4.88. The minimum atomic E-state index is -1.36. The van der Waals surface area contributed by atoms with Gasteiger partial charge in [0.15, 0.2) is 0 Å². The van der Waals surface area contributed by atoms with Gasteiger partial charge in [0.05, 0.1) is 40.7 Å². The first-order valence-corrected chi connectivity index (χ1v) is 24.5. The Hall–Kier alpha value is -8.89. The predicted molar refractivity (Wildman–Crippen MR) is 279 cm³/mol. The number of rotatable bonds is 12. The van der Waals surface area contributed by atoms with E-state index in [9.17, 15) is 33.5 Å². The normalized spacial score (nSPS) is 14.5. The number of piperidine rings is 2. The zero-order valence-electron chi connectivity index (χ0n) is 41.5. The number of amides is 6. The van der Waals surface area contributed by atoms with E-state index in [1.165, 1.54) is 35.9 Å². The molecule has 2 aliphatic heterocycles. The highest BCUT2D eigenvalue weighted by Crippen LogP contribution is 2.32. The topological polar surface area (TPSA) is 226 Å². The molecule has 0 spiro atoms. The average Bonchev–Trinajstić information content (AvgIpc) is 3.42. The second-order valence-corrected chi connectivity index (χ2v) is 18.6. The van der Waals surface area contributed by atoms with Crippen LogP contribution in [0.4, 0.5) is 25.4 Å². The van der Waals surface area contributed by atoms with Crippen LogP contribution in [0, 0.1) is 42.3 Å². The number of carbonyl (C=O) groups excluding carboxylic acids is 4. The fourth-order valence-corrected chi connectivity index (χ4v) is 9.38. The van der Waals surface area contributed by atoms with Gasteiger partial charge in [-0.3, -0.25) is 19.5 Å². The lowest BCUT2D eigenvalue weighted by atomic mass is 9.89. The number of carboxylic acids is 1. The third-order valence-electron chi connectivity index (χ3n) is 13.7. The summed E-state index contributed by atoms with van der Waals surface area (Å²) in [4.78, 5) is 72.8. The first kappa shape index (κ1) is 52.9. The molecule has 378 valence electrons. The van der Waals surface area contributed by atoms with E-state index in [1.54, 1.807) is 48.4 Å². The Balaban J connectivity index is 0.000000217. The van der Waals surface area contributed by atoms with E-state index in [2.05, 4.69) is 27.8 Å². The van der Waals surface area contributed by atoms with Gasteiger partial charge in [-0.25, -0.2) is 18.8 Å². The van der Waals surface area contributed by atoms with Crippen molar-refractivity contribution in [2.45, 2.75) is 76.8 Å². The van der Waals surface area contributed by atoms with Crippen molar-refractivity contribution in [3.8, 4) is 12.1 Å². The number of nitriles is 2. The Morgan fingerprint density at radius 1 is 0.730 bits per heavy atom. The van der Waals surface area contributed by atoms with Gasteiger partial charge in [-0.05, 0) is 159 Å². The Morgan fingerprint density at radius 3 is 1.72 bits per heavy atom. The molecule has 6 amide bonds. The van der Waals surface area contributed by atoms with Crippen LogP contribution in [0.25, 0.3) is 0 Å². The summed E-state index contributed by atoms with van der Waals surface area (Å²) in [6, 6.07) is 37.7. The van der Waals surface area contributed by atoms with Crippen LogP contribution in [0.15, 0.2) is 134 Å². The van der Waals surface area contributed by atoms with Crippen molar-refractivity contribution < 1.29 is 33.5 Å². The number of benzene rings is 5. The van der Waals surface area contributed by atoms with Crippen LogP contribution in [-0.2, 0) is 11.2 Å². The van der Waals surface area contributed by atoms with Crippen molar-refractivity contribution in [1.29, 1.82) is 10.5 Å². The lowest BCUT2D eigenvalue weighted by molar-refractivity contribution is -0.138. The molecular formula is C58H58FN9O6. The van der Waals surface area contributed by atoms with Crippen LogP contribution in [0.5, 0.6) is 0 Å². The number of nitrogens with two attached hydrogens (primary N) is 1. The van der Waals surface area contributed by atoms with E-state index in [0.29, 0.717) is 71.2 Å². The summed E-state index contributed by atoms with van der Waals surface area (Å²) in [5, 5.41) is 33.7. The third kappa shape index (κ3) is 13.3. The molecule has 15 nitrogen and oxygen atoms in total. The fourth-order valence-electron chi connectivity index (χ4n) is 9.38. The highest BCUT2D eigenvalue weighted by molar-refractivity contribution is 6.01. The maximum Gasteiger partial charge on any atom is 0.327 e. The lowest BCUT2D eigenvalue weighted by Gasteiger charge is -2.33. The number of carbonyl (C=O) groups is 5. The molecular weight excluding hydrogens is 938 g/mol. The number of aryl methyl sites for hydroxylation is 2. The number of aliphatic carboxylic acids is 1. The first-order chi connectivity index (χ1) is 35.6. The van der Waals surface area contributed by atoms with Gasteiger partial charge in [0.25, 0.3) is 11.8 Å². The zero-order chi connectivity index (χ0) is 52.9. The SMILES string of the molecule is Cc1ccc(C(=O)N2CCC(c3ccc(C#N)cc3)CC2)cc1N(C(N)=O)C(Cc1ccc(F)cc1)C(=O)O.Cc1ccc(C(=O)N2CCC(c3ccc(C#N)cc3)CC2)cc1NC(=O)NC(C)c1ccccn1. The summed E-state index contributed by atoms with van der Waals surface area (Å²) in [6.45, 7) is 7.89. The fraction of sp³-hybridized carbons (Fsp3) is 0.276. The monoisotopic (exact) mass is 995 g/mol. The number of hydrogen-bond acceptors (Lipinski definition) is 8. The summed E-state index contributed by atoms with van der Waals surface area (Å²) >= 11 is 0. The smallest absolute Gasteiger partial charge is 0.327 e. The van der Waals surface area contributed by atoms with E-state index in [4.69, 9.17) is 16.3 Å². The highest BCUT2D eigenvalue weighted by Gasteiger charge is 2.33. The molecule has 0 radical (unpaired) electrons. The largest absolute Gasteiger partial charge is 0.480 e. The number of halogens is 1. The minimum Gasteiger partial charge on any atom is -0.480 e. The second-order valence-electron chi connectivity index (χ2n) is 18.6. The molecule has 0 bridgehead atoms. The Bertz CT molecular complexity index is 3050. The van der Waals surface area contributed by atoms with Gasteiger partial charge in [0, 0.05) is 55.6 Å². The van der Waals surface area contributed by atoms with Crippen LogP contribution in [-0.4, -0.2) is 82.0 Å². The number of urea groups is 2. The number of likely N-dealkylation sites (tertiary alicyclic amines) is 2. The molecule has 1 aromatic heterocycles. The first-order valence-electron chi connectivity index (χ1n) is 24.5. The zero-order valence-corrected chi connectivity index (χ0v) is 41.5. The Morgan fingerprint density at radius 2 is 1.24 bits per heavy atom. The molecule has 2 unspecified atom stereocenters. The van der Waals surface area contributed by atoms with Crippen molar-refractivity contribution in [2.24, 2.45) is 5.73 Å². The number of pyridine rings is 1. The predicted octanol–water partition coefficient (Wildman–Crippen LogP) is 9.77. The molecule has 2 saturated heterocycles. The number of carboxylic acid groups (broad SMARTS) is 1.